The summed E-state index contributed by atoms with van der Waals surface area (Å²) >= 11 is 0. The van der Waals surface area contributed by atoms with E-state index in [0.717, 1.165) is 25.1 Å². The molecular weight excluding hydrogens is 302 g/mol. The van der Waals surface area contributed by atoms with E-state index in [1.54, 1.807) is 4.90 Å². The van der Waals surface area contributed by atoms with Gasteiger partial charge in [-0.05, 0) is 18.5 Å². The molecule has 2 aliphatic heterocycles. The first kappa shape index (κ1) is 16.8. The van der Waals surface area contributed by atoms with Gasteiger partial charge in [-0.3, -0.25) is 9.59 Å². The van der Waals surface area contributed by atoms with Crippen LogP contribution in [0.1, 0.15) is 18.4 Å². The first-order valence-electron chi connectivity index (χ1n) is 7.55. The van der Waals surface area contributed by atoms with Gasteiger partial charge in [0.05, 0.1) is 5.92 Å². The minimum atomic E-state index is -0.207. The van der Waals surface area contributed by atoms with Crippen molar-refractivity contribution in [3.8, 4) is 0 Å². The average Bonchev–Trinajstić information content (AvgIpc) is 3.11. The lowest BCUT2D eigenvalue weighted by molar-refractivity contribution is -0.129. The van der Waals surface area contributed by atoms with Crippen LogP contribution in [-0.2, 0) is 16.1 Å². The van der Waals surface area contributed by atoms with Crippen LogP contribution in [0.3, 0.4) is 0 Å². The molecule has 1 aromatic rings. The van der Waals surface area contributed by atoms with Crippen LogP contribution in [0.25, 0.3) is 0 Å². The summed E-state index contributed by atoms with van der Waals surface area (Å²) in [5.74, 6) is -0.113. The van der Waals surface area contributed by atoms with Gasteiger partial charge in [-0.2, -0.15) is 0 Å². The zero-order valence-corrected chi connectivity index (χ0v) is 13.3. The molecule has 2 heterocycles. The molecule has 0 bridgehead atoms. The zero-order valence-electron chi connectivity index (χ0n) is 12.5. The molecule has 2 fully saturated rings. The molecule has 22 heavy (non-hydrogen) atoms. The SMILES string of the molecule is Cl.O=C(NC1CCNC1)C1CC(=O)N(Cc2ccccc2)C1. The monoisotopic (exact) mass is 323 g/mol. The highest BCUT2D eigenvalue weighted by Crippen LogP contribution is 2.20. The number of nitrogens with zero attached hydrogens (tertiary/aromatic N) is 1. The van der Waals surface area contributed by atoms with Crippen molar-refractivity contribution in [2.45, 2.75) is 25.4 Å². The molecule has 0 aliphatic carbocycles. The quantitative estimate of drug-likeness (QED) is 0.867. The number of carbonyl (C=O) groups is 2. The second kappa shape index (κ2) is 7.61. The Morgan fingerprint density at radius 1 is 1.32 bits per heavy atom. The molecule has 120 valence electrons. The summed E-state index contributed by atoms with van der Waals surface area (Å²) in [6.07, 6.45) is 1.30. The van der Waals surface area contributed by atoms with Gasteiger partial charge in [0, 0.05) is 32.1 Å². The highest BCUT2D eigenvalue weighted by molar-refractivity contribution is 5.89. The molecule has 0 spiro atoms. The summed E-state index contributed by atoms with van der Waals surface area (Å²) < 4.78 is 0. The maximum Gasteiger partial charge on any atom is 0.225 e. The van der Waals surface area contributed by atoms with E-state index in [1.165, 1.54) is 0 Å². The predicted octanol–water partition coefficient (Wildman–Crippen LogP) is 0.935. The summed E-state index contributed by atoms with van der Waals surface area (Å²) in [5, 5.41) is 6.27. The van der Waals surface area contributed by atoms with Gasteiger partial charge in [-0.25, -0.2) is 0 Å². The lowest BCUT2D eigenvalue weighted by Crippen LogP contribution is -2.40. The second-order valence-electron chi connectivity index (χ2n) is 5.86. The third-order valence-electron chi connectivity index (χ3n) is 4.21. The minimum absolute atomic E-state index is 0. The average molecular weight is 324 g/mol. The number of amides is 2. The van der Waals surface area contributed by atoms with Crippen LogP contribution in [0.5, 0.6) is 0 Å². The zero-order chi connectivity index (χ0) is 14.7. The molecule has 0 aromatic heterocycles. The molecule has 0 saturated carbocycles. The van der Waals surface area contributed by atoms with Gasteiger partial charge in [-0.15, -0.1) is 12.4 Å². The molecule has 5 nitrogen and oxygen atoms in total. The third-order valence-corrected chi connectivity index (χ3v) is 4.21. The van der Waals surface area contributed by atoms with Gasteiger partial charge >= 0.3 is 0 Å². The Morgan fingerprint density at radius 2 is 2.09 bits per heavy atom. The highest BCUT2D eigenvalue weighted by Gasteiger charge is 2.35. The summed E-state index contributed by atoms with van der Waals surface area (Å²) in [6.45, 7) is 2.91. The number of rotatable bonds is 4. The van der Waals surface area contributed by atoms with Crippen molar-refractivity contribution in [3.05, 3.63) is 35.9 Å². The maximum atomic E-state index is 12.2. The molecule has 0 radical (unpaired) electrons. The van der Waals surface area contributed by atoms with Crippen LogP contribution in [0.15, 0.2) is 30.3 Å². The number of hydrogen-bond donors (Lipinski definition) is 2. The van der Waals surface area contributed by atoms with E-state index in [1.807, 2.05) is 30.3 Å². The van der Waals surface area contributed by atoms with E-state index >= 15 is 0 Å². The van der Waals surface area contributed by atoms with Crippen LogP contribution in [0.2, 0.25) is 0 Å². The highest BCUT2D eigenvalue weighted by atomic mass is 35.5. The number of benzene rings is 1. The normalized spacial score (nSPS) is 24.2. The van der Waals surface area contributed by atoms with Crippen molar-refractivity contribution >= 4 is 24.2 Å². The first-order chi connectivity index (χ1) is 10.2. The Hall–Kier alpha value is -1.59. The van der Waals surface area contributed by atoms with Crippen LogP contribution in [0, 0.1) is 5.92 Å². The number of nitrogens with one attached hydrogen (secondary N) is 2. The van der Waals surface area contributed by atoms with E-state index in [2.05, 4.69) is 10.6 Å². The minimum Gasteiger partial charge on any atom is -0.352 e. The fourth-order valence-electron chi connectivity index (χ4n) is 3.00. The molecule has 2 amide bonds. The van der Waals surface area contributed by atoms with Crippen molar-refractivity contribution < 1.29 is 9.59 Å². The largest absolute Gasteiger partial charge is 0.352 e. The van der Waals surface area contributed by atoms with Gasteiger partial charge in [0.25, 0.3) is 0 Å². The number of carbonyl (C=O) groups excluding carboxylic acids is 2. The van der Waals surface area contributed by atoms with E-state index < -0.39 is 0 Å². The molecule has 2 N–H and O–H groups in total. The summed E-state index contributed by atoms with van der Waals surface area (Å²) in [5.41, 5.74) is 1.10. The van der Waals surface area contributed by atoms with Gasteiger partial charge in [-0.1, -0.05) is 30.3 Å². The van der Waals surface area contributed by atoms with Crippen molar-refractivity contribution in [1.82, 2.24) is 15.5 Å². The Morgan fingerprint density at radius 3 is 2.77 bits per heavy atom. The summed E-state index contributed by atoms with van der Waals surface area (Å²) in [6, 6.07) is 10.1. The Balaban J connectivity index is 0.00000176. The third kappa shape index (κ3) is 3.99. The number of hydrogen-bond acceptors (Lipinski definition) is 3. The topological polar surface area (TPSA) is 61.4 Å². The molecular formula is C16H22ClN3O2. The van der Waals surface area contributed by atoms with E-state index in [4.69, 9.17) is 0 Å². The molecule has 3 rings (SSSR count). The van der Waals surface area contributed by atoms with Gasteiger partial charge in [0.2, 0.25) is 11.8 Å². The van der Waals surface area contributed by atoms with Crippen LogP contribution >= 0.6 is 12.4 Å². The molecule has 6 heteroatoms. The Labute approximate surface area is 136 Å². The second-order valence-corrected chi connectivity index (χ2v) is 5.86. The molecule has 1 aromatic carbocycles. The molecule has 2 atom stereocenters. The number of halogens is 1. The lowest BCUT2D eigenvalue weighted by Gasteiger charge is -2.18. The van der Waals surface area contributed by atoms with Crippen LogP contribution in [0.4, 0.5) is 0 Å². The molecule has 2 aliphatic rings. The molecule has 2 unspecified atom stereocenters. The van der Waals surface area contributed by atoms with Gasteiger partial charge in [0.15, 0.2) is 0 Å². The number of likely N-dealkylation sites (tertiary alicyclic amines) is 1. The summed E-state index contributed by atoms with van der Waals surface area (Å²) in [7, 11) is 0. The van der Waals surface area contributed by atoms with Crippen molar-refractivity contribution in [2.75, 3.05) is 19.6 Å². The molecule has 2 saturated heterocycles. The Kier molecular flexibility index (Phi) is 5.80. The van der Waals surface area contributed by atoms with Crippen molar-refractivity contribution in [3.63, 3.8) is 0 Å². The van der Waals surface area contributed by atoms with Gasteiger partial charge < -0.3 is 15.5 Å². The predicted molar refractivity (Wildman–Crippen MR) is 86.6 cm³/mol. The van der Waals surface area contributed by atoms with Crippen molar-refractivity contribution in [2.24, 2.45) is 5.92 Å². The fourth-order valence-corrected chi connectivity index (χ4v) is 3.00. The van der Waals surface area contributed by atoms with Gasteiger partial charge in [0.1, 0.15) is 0 Å². The van der Waals surface area contributed by atoms with Crippen molar-refractivity contribution in [1.29, 1.82) is 0 Å². The summed E-state index contributed by atoms with van der Waals surface area (Å²) in [4.78, 5) is 26.1. The first-order valence-corrected chi connectivity index (χ1v) is 7.55. The smallest absolute Gasteiger partial charge is 0.225 e. The lowest BCUT2D eigenvalue weighted by atomic mass is 10.1. The fraction of sp³-hybridized carbons (Fsp3) is 0.500. The van der Waals surface area contributed by atoms with Crippen LogP contribution < -0.4 is 10.6 Å². The van der Waals surface area contributed by atoms with Crippen LogP contribution in [-0.4, -0.2) is 42.4 Å². The maximum absolute atomic E-state index is 12.2. The Bertz CT molecular complexity index is 517. The van der Waals surface area contributed by atoms with E-state index in [9.17, 15) is 9.59 Å². The van der Waals surface area contributed by atoms with E-state index in [-0.39, 0.29) is 36.2 Å². The standard InChI is InChI=1S/C16H21N3O2.ClH/c20-15-8-13(16(21)18-14-6-7-17-9-14)11-19(15)10-12-4-2-1-3-5-12;/h1-5,13-14,17H,6-11H2,(H,18,21);1H. The van der Waals surface area contributed by atoms with E-state index in [0.29, 0.717) is 19.5 Å².